The molecule has 0 spiro atoms. The van der Waals surface area contributed by atoms with Crippen molar-refractivity contribution in [3.8, 4) is 0 Å². The van der Waals surface area contributed by atoms with Gasteiger partial charge < -0.3 is 30.7 Å². The highest BCUT2D eigenvalue weighted by molar-refractivity contribution is 5.74. The fourth-order valence-corrected chi connectivity index (χ4v) is 2.74. The topological polar surface area (TPSA) is 156 Å². The summed E-state index contributed by atoms with van der Waals surface area (Å²) in [4.78, 5) is 30.1. The third kappa shape index (κ3) is 5.54. The fourth-order valence-electron chi connectivity index (χ4n) is 2.74. The standard InChI is InChI=1S/C17H22FN3O6/c1-8(23)19-16(14(25)5-10(24)7-22)15(26)6-13-17(27)21-12-4-9(18)2-3-11(12)20-13/h2-4,10,14-16,22,24-26H,5-7H2,1H3,(H,19,23)(H,21,27)/t10-,14?,15+,16?/m0/s1. The normalized spacial score (nSPS) is 15.9. The first-order valence-corrected chi connectivity index (χ1v) is 8.32. The van der Waals surface area contributed by atoms with Gasteiger partial charge in [0.2, 0.25) is 5.91 Å². The second-order valence-electron chi connectivity index (χ2n) is 6.31. The fraction of sp³-hybridized carbons (Fsp3) is 0.471. The number of carbonyl (C=O) groups is 1. The molecule has 0 fully saturated rings. The molecule has 4 atom stereocenters. The van der Waals surface area contributed by atoms with E-state index in [-0.39, 0.29) is 24.1 Å². The predicted octanol–water partition coefficient (Wildman–Crippen LogP) is -1.43. The number of aliphatic hydroxyl groups excluding tert-OH is 4. The summed E-state index contributed by atoms with van der Waals surface area (Å²) in [6.45, 7) is 0.590. The number of hydrogen-bond acceptors (Lipinski definition) is 7. The third-order valence-corrected chi connectivity index (χ3v) is 4.05. The monoisotopic (exact) mass is 383 g/mol. The van der Waals surface area contributed by atoms with Crippen molar-refractivity contribution in [2.75, 3.05) is 6.61 Å². The molecular formula is C17H22FN3O6. The zero-order valence-corrected chi connectivity index (χ0v) is 14.6. The quantitative estimate of drug-likeness (QED) is 0.326. The van der Waals surface area contributed by atoms with Gasteiger partial charge in [0, 0.05) is 19.8 Å². The summed E-state index contributed by atoms with van der Waals surface area (Å²) in [5.41, 5.74) is -0.196. The molecule has 1 heterocycles. The number of H-pyrrole nitrogens is 1. The average molecular weight is 383 g/mol. The van der Waals surface area contributed by atoms with E-state index in [0.717, 1.165) is 6.07 Å². The second-order valence-corrected chi connectivity index (χ2v) is 6.31. The molecule has 0 aliphatic carbocycles. The summed E-state index contributed by atoms with van der Waals surface area (Å²) >= 11 is 0. The Morgan fingerprint density at radius 1 is 1.30 bits per heavy atom. The van der Waals surface area contributed by atoms with E-state index >= 15 is 0 Å². The van der Waals surface area contributed by atoms with E-state index in [2.05, 4.69) is 15.3 Å². The number of hydrogen-bond donors (Lipinski definition) is 6. The van der Waals surface area contributed by atoms with Crippen molar-refractivity contribution in [3.05, 3.63) is 40.1 Å². The summed E-state index contributed by atoms with van der Waals surface area (Å²) < 4.78 is 13.2. The van der Waals surface area contributed by atoms with Crippen LogP contribution in [-0.4, -0.2) is 67.3 Å². The summed E-state index contributed by atoms with van der Waals surface area (Å²) in [5.74, 6) is -1.07. The Bertz CT molecular complexity index is 858. The lowest BCUT2D eigenvalue weighted by atomic mass is 9.96. The summed E-state index contributed by atoms with van der Waals surface area (Å²) in [7, 11) is 0. The van der Waals surface area contributed by atoms with Crippen LogP contribution in [0, 0.1) is 5.82 Å². The molecule has 0 aliphatic rings. The van der Waals surface area contributed by atoms with Gasteiger partial charge in [0.15, 0.2) is 0 Å². The van der Waals surface area contributed by atoms with Crippen molar-refractivity contribution >= 4 is 16.9 Å². The zero-order valence-electron chi connectivity index (χ0n) is 14.6. The molecule has 2 unspecified atom stereocenters. The van der Waals surface area contributed by atoms with E-state index < -0.39 is 48.2 Å². The smallest absolute Gasteiger partial charge is 0.270 e. The van der Waals surface area contributed by atoms with E-state index in [1.54, 1.807) is 0 Å². The van der Waals surface area contributed by atoms with Crippen LogP contribution in [0.1, 0.15) is 19.0 Å². The van der Waals surface area contributed by atoms with Gasteiger partial charge in [-0.15, -0.1) is 0 Å². The van der Waals surface area contributed by atoms with Gasteiger partial charge in [-0.3, -0.25) is 9.59 Å². The van der Waals surface area contributed by atoms with Crippen LogP contribution in [0.2, 0.25) is 0 Å². The van der Waals surface area contributed by atoms with E-state index in [1.807, 2.05) is 0 Å². The minimum atomic E-state index is -1.40. The van der Waals surface area contributed by atoms with Gasteiger partial charge in [-0.05, 0) is 18.2 Å². The Morgan fingerprint density at radius 3 is 2.63 bits per heavy atom. The van der Waals surface area contributed by atoms with E-state index in [4.69, 9.17) is 5.11 Å². The summed E-state index contributed by atoms with van der Waals surface area (Å²) in [6, 6.07) is 2.46. The maximum atomic E-state index is 13.2. The molecule has 0 aliphatic heterocycles. The molecule has 148 valence electrons. The first-order chi connectivity index (χ1) is 12.7. The summed E-state index contributed by atoms with van der Waals surface area (Å²) in [5, 5.41) is 41.3. The van der Waals surface area contributed by atoms with Crippen LogP contribution >= 0.6 is 0 Å². The number of aromatic nitrogens is 2. The number of benzene rings is 1. The Balaban J connectivity index is 2.25. The molecule has 0 radical (unpaired) electrons. The van der Waals surface area contributed by atoms with E-state index in [1.165, 1.54) is 19.1 Å². The van der Waals surface area contributed by atoms with Crippen LogP contribution in [0.25, 0.3) is 11.0 Å². The van der Waals surface area contributed by atoms with Crippen molar-refractivity contribution < 1.29 is 29.6 Å². The van der Waals surface area contributed by atoms with Gasteiger partial charge in [0.1, 0.15) is 11.5 Å². The van der Waals surface area contributed by atoms with Crippen LogP contribution in [0.5, 0.6) is 0 Å². The molecule has 6 N–H and O–H groups in total. The number of fused-ring (bicyclic) bond motifs is 1. The van der Waals surface area contributed by atoms with Crippen molar-refractivity contribution in [2.24, 2.45) is 0 Å². The molecule has 1 aromatic heterocycles. The number of aromatic amines is 1. The Morgan fingerprint density at radius 2 is 2.00 bits per heavy atom. The number of nitrogens with one attached hydrogen (secondary N) is 2. The lowest BCUT2D eigenvalue weighted by molar-refractivity contribution is -0.122. The molecule has 1 amide bonds. The number of aliphatic hydroxyl groups is 4. The highest BCUT2D eigenvalue weighted by Gasteiger charge is 2.30. The molecule has 2 aromatic rings. The maximum Gasteiger partial charge on any atom is 0.270 e. The van der Waals surface area contributed by atoms with Crippen LogP contribution in [0.3, 0.4) is 0 Å². The number of halogens is 1. The number of carbonyl (C=O) groups excluding carboxylic acids is 1. The molecule has 2 rings (SSSR count). The lowest BCUT2D eigenvalue weighted by Gasteiger charge is -2.29. The molecule has 10 heteroatoms. The highest BCUT2D eigenvalue weighted by atomic mass is 19.1. The average Bonchev–Trinajstić information content (AvgIpc) is 2.59. The Hall–Kier alpha value is -2.40. The predicted molar refractivity (Wildman–Crippen MR) is 93.4 cm³/mol. The number of nitrogens with zero attached hydrogens (tertiary/aromatic N) is 1. The first kappa shape index (κ1) is 20.9. The van der Waals surface area contributed by atoms with Crippen molar-refractivity contribution in [1.29, 1.82) is 0 Å². The first-order valence-electron chi connectivity index (χ1n) is 8.32. The summed E-state index contributed by atoms with van der Waals surface area (Å²) in [6.07, 6.45) is -4.61. The van der Waals surface area contributed by atoms with Gasteiger partial charge in [0.05, 0.1) is 42.0 Å². The molecule has 0 saturated carbocycles. The molecule has 27 heavy (non-hydrogen) atoms. The Labute approximate surface area is 153 Å². The molecule has 1 aromatic carbocycles. The van der Waals surface area contributed by atoms with Gasteiger partial charge >= 0.3 is 0 Å². The van der Waals surface area contributed by atoms with E-state index in [9.17, 15) is 29.3 Å². The van der Waals surface area contributed by atoms with Crippen LogP contribution < -0.4 is 10.9 Å². The van der Waals surface area contributed by atoms with Gasteiger partial charge in [-0.25, -0.2) is 9.37 Å². The highest BCUT2D eigenvalue weighted by Crippen LogP contribution is 2.13. The minimum absolute atomic E-state index is 0.0631. The van der Waals surface area contributed by atoms with Crippen molar-refractivity contribution in [3.63, 3.8) is 0 Å². The van der Waals surface area contributed by atoms with Gasteiger partial charge in [-0.1, -0.05) is 0 Å². The Kier molecular flexibility index (Phi) is 6.97. The SMILES string of the molecule is CC(=O)NC(C(O)C[C@H](O)CO)[C@H](O)Cc1nc2ccc(F)cc2[nH]c1=O. The van der Waals surface area contributed by atoms with E-state index in [0.29, 0.717) is 5.52 Å². The minimum Gasteiger partial charge on any atom is -0.394 e. The largest absolute Gasteiger partial charge is 0.394 e. The third-order valence-electron chi connectivity index (χ3n) is 4.05. The molecule has 9 nitrogen and oxygen atoms in total. The molecule has 0 bridgehead atoms. The van der Waals surface area contributed by atoms with Crippen LogP contribution in [-0.2, 0) is 11.2 Å². The van der Waals surface area contributed by atoms with Crippen LogP contribution in [0.4, 0.5) is 4.39 Å². The lowest BCUT2D eigenvalue weighted by Crippen LogP contribution is -2.52. The van der Waals surface area contributed by atoms with Crippen molar-refractivity contribution in [2.45, 2.75) is 44.1 Å². The van der Waals surface area contributed by atoms with Crippen molar-refractivity contribution in [1.82, 2.24) is 15.3 Å². The maximum absolute atomic E-state index is 13.2. The van der Waals surface area contributed by atoms with Gasteiger partial charge in [0.25, 0.3) is 5.56 Å². The molecule has 0 saturated heterocycles. The number of amides is 1. The van der Waals surface area contributed by atoms with Crippen LogP contribution in [0.15, 0.2) is 23.0 Å². The zero-order chi connectivity index (χ0) is 20.1. The second kappa shape index (κ2) is 9.00. The molecular weight excluding hydrogens is 361 g/mol. The number of rotatable bonds is 8. The van der Waals surface area contributed by atoms with Gasteiger partial charge in [-0.2, -0.15) is 0 Å².